The fourth-order valence-electron chi connectivity index (χ4n) is 4.20. The zero-order valence-electron chi connectivity index (χ0n) is 12.6. The summed E-state index contributed by atoms with van der Waals surface area (Å²) in [5.41, 5.74) is 0.690. The van der Waals surface area contributed by atoms with E-state index in [-0.39, 0.29) is 17.5 Å². The first kappa shape index (κ1) is 13.4. The highest BCUT2D eigenvalue weighted by Gasteiger charge is 2.51. The van der Waals surface area contributed by atoms with Gasteiger partial charge in [0.05, 0.1) is 12.2 Å². The Bertz CT molecular complexity index is 557. The van der Waals surface area contributed by atoms with Crippen molar-refractivity contribution < 1.29 is 14.6 Å². The SMILES string of the molecule is CC1(C)Oc2c(O)cccc2[C@@H]2O[C@@H]3CCNC[C@H]3C[C@H]21. The molecule has 2 saturated heterocycles. The molecule has 0 bridgehead atoms. The van der Waals surface area contributed by atoms with Crippen LogP contribution in [0, 0.1) is 11.8 Å². The second-order valence-corrected chi connectivity index (χ2v) is 7.09. The maximum Gasteiger partial charge on any atom is 0.167 e. The maximum atomic E-state index is 10.1. The molecule has 0 radical (unpaired) electrons. The molecule has 4 heteroatoms. The Morgan fingerprint density at radius 3 is 3.05 bits per heavy atom. The summed E-state index contributed by atoms with van der Waals surface area (Å²) in [6.07, 6.45) is 2.56. The van der Waals surface area contributed by atoms with Gasteiger partial charge < -0.3 is 19.9 Å². The van der Waals surface area contributed by atoms with Gasteiger partial charge in [-0.25, -0.2) is 0 Å². The van der Waals surface area contributed by atoms with Gasteiger partial charge in [0.1, 0.15) is 5.60 Å². The van der Waals surface area contributed by atoms with Gasteiger partial charge in [0.15, 0.2) is 11.5 Å². The third-order valence-corrected chi connectivity index (χ3v) is 5.37. The van der Waals surface area contributed by atoms with Gasteiger partial charge in [0.25, 0.3) is 0 Å². The average Bonchev–Trinajstić information content (AvgIpc) is 2.47. The molecule has 21 heavy (non-hydrogen) atoms. The van der Waals surface area contributed by atoms with E-state index in [0.29, 0.717) is 23.7 Å². The van der Waals surface area contributed by atoms with Crippen molar-refractivity contribution in [2.45, 2.75) is 44.5 Å². The van der Waals surface area contributed by atoms with E-state index in [2.05, 4.69) is 19.2 Å². The highest BCUT2D eigenvalue weighted by molar-refractivity contribution is 5.49. The van der Waals surface area contributed by atoms with Crippen LogP contribution in [0.4, 0.5) is 0 Å². The lowest BCUT2D eigenvalue weighted by Gasteiger charge is -2.52. The lowest BCUT2D eigenvalue weighted by atomic mass is 9.71. The first-order chi connectivity index (χ1) is 10.1. The van der Waals surface area contributed by atoms with E-state index >= 15 is 0 Å². The van der Waals surface area contributed by atoms with Gasteiger partial charge in [0.2, 0.25) is 0 Å². The molecule has 1 aromatic carbocycles. The van der Waals surface area contributed by atoms with Gasteiger partial charge >= 0.3 is 0 Å². The second-order valence-electron chi connectivity index (χ2n) is 7.09. The molecule has 4 atom stereocenters. The zero-order chi connectivity index (χ0) is 14.6. The van der Waals surface area contributed by atoms with Crippen LogP contribution in [0.25, 0.3) is 0 Å². The Kier molecular flexibility index (Phi) is 2.95. The van der Waals surface area contributed by atoms with Crippen LogP contribution in [-0.4, -0.2) is 29.9 Å². The number of hydrogen-bond acceptors (Lipinski definition) is 4. The number of aromatic hydroxyl groups is 1. The molecule has 0 saturated carbocycles. The Balaban J connectivity index is 1.75. The monoisotopic (exact) mass is 289 g/mol. The minimum Gasteiger partial charge on any atom is -0.504 e. The summed E-state index contributed by atoms with van der Waals surface area (Å²) < 4.78 is 12.6. The summed E-state index contributed by atoms with van der Waals surface area (Å²) in [7, 11) is 0. The third-order valence-electron chi connectivity index (χ3n) is 5.37. The molecule has 1 aromatic rings. The number of hydrogen-bond donors (Lipinski definition) is 2. The first-order valence-electron chi connectivity index (χ1n) is 7.93. The van der Waals surface area contributed by atoms with Crippen molar-refractivity contribution in [1.29, 1.82) is 0 Å². The summed E-state index contributed by atoms with van der Waals surface area (Å²) in [4.78, 5) is 0. The fourth-order valence-corrected chi connectivity index (χ4v) is 4.20. The molecule has 0 unspecified atom stereocenters. The van der Waals surface area contributed by atoms with Crippen LogP contribution >= 0.6 is 0 Å². The molecule has 0 amide bonds. The van der Waals surface area contributed by atoms with Gasteiger partial charge in [-0.2, -0.15) is 0 Å². The third kappa shape index (κ3) is 2.04. The van der Waals surface area contributed by atoms with Crippen molar-refractivity contribution in [3.05, 3.63) is 23.8 Å². The zero-order valence-corrected chi connectivity index (χ0v) is 12.6. The molecule has 4 nitrogen and oxygen atoms in total. The van der Waals surface area contributed by atoms with E-state index in [1.165, 1.54) is 0 Å². The number of nitrogens with one attached hydrogen (secondary N) is 1. The topological polar surface area (TPSA) is 50.7 Å². The average molecular weight is 289 g/mol. The Labute approximate surface area is 125 Å². The summed E-state index contributed by atoms with van der Waals surface area (Å²) in [5.74, 6) is 1.72. The van der Waals surface area contributed by atoms with Gasteiger partial charge in [-0.3, -0.25) is 0 Å². The Hall–Kier alpha value is -1.26. The lowest BCUT2D eigenvalue weighted by molar-refractivity contribution is -0.178. The van der Waals surface area contributed by atoms with Crippen molar-refractivity contribution in [2.75, 3.05) is 13.1 Å². The minimum absolute atomic E-state index is 0.0372. The molecule has 2 fully saturated rings. The van der Waals surface area contributed by atoms with Crippen LogP contribution in [0.3, 0.4) is 0 Å². The molecule has 0 spiro atoms. The van der Waals surface area contributed by atoms with Crippen LogP contribution in [0.1, 0.15) is 38.4 Å². The molecule has 3 aliphatic rings. The number of para-hydroxylation sites is 1. The van der Waals surface area contributed by atoms with Gasteiger partial charge in [-0.15, -0.1) is 0 Å². The van der Waals surface area contributed by atoms with Crippen molar-refractivity contribution in [3.63, 3.8) is 0 Å². The Morgan fingerprint density at radius 1 is 1.33 bits per heavy atom. The van der Waals surface area contributed by atoms with Crippen molar-refractivity contribution in [3.8, 4) is 11.5 Å². The van der Waals surface area contributed by atoms with E-state index in [1.807, 2.05) is 12.1 Å². The summed E-state index contributed by atoms with van der Waals surface area (Å²) in [5, 5.41) is 13.6. The summed E-state index contributed by atoms with van der Waals surface area (Å²) >= 11 is 0. The molecule has 3 heterocycles. The predicted molar refractivity (Wildman–Crippen MR) is 79.5 cm³/mol. The number of fused-ring (bicyclic) bond motifs is 4. The summed E-state index contributed by atoms with van der Waals surface area (Å²) in [6.45, 7) is 6.29. The Morgan fingerprint density at radius 2 is 2.19 bits per heavy atom. The van der Waals surface area contributed by atoms with E-state index in [9.17, 15) is 5.11 Å². The smallest absolute Gasteiger partial charge is 0.167 e. The number of phenolic OH excluding ortho intramolecular Hbond substituents is 1. The van der Waals surface area contributed by atoms with Gasteiger partial charge in [-0.05, 0) is 45.2 Å². The maximum absolute atomic E-state index is 10.1. The van der Waals surface area contributed by atoms with Crippen molar-refractivity contribution in [2.24, 2.45) is 11.8 Å². The molecule has 2 N–H and O–H groups in total. The first-order valence-corrected chi connectivity index (χ1v) is 7.93. The van der Waals surface area contributed by atoms with E-state index in [0.717, 1.165) is 31.5 Å². The minimum atomic E-state index is -0.321. The quantitative estimate of drug-likeness (QED) is 0.771. The predicted octanol–water partition coefficient (Wildman–Crippen LogP) is 2.62. The summed E-state index contributed by atoms with van der Waals surface area (Å²) in [6, 6.07) is 5.60. The fraction of sp³-hybridized carbons (Fsp3) is 0.647. The molecule has 114 valence electrons. The number of benzene rings is 1. The van der Waals surface area contributed by atoms with Gasteiger partial charge in [-0.1, -0.05) is 12.1 Å². The number of piperidine rings is 1. The van der Waals surface area contributed by atoms with E-state index in [1.54, 1.807) is 6.07 Å². The molecule has 3 aliphatic heterocycles. The normalized spacial score (nSPS) is 36.9. The van der Waals surface area contributed by atoms with E-state index in [4.69, 9.17) is 9.47 Å². The van der Waals surface area contributed by atoms with Crippen LogP contribution in [0.15, 0.2) is 18.2 Å². The van der Waals surface area contributed by atoms with Crippen LogP contribution < -0.4 is 10.1 Å². The van der Waals surface area contributed by atoms with Crippen LogP contribution in [0.5, 0.6) is 11.5 Å². The highest BCUT2D eigenvalue weighted by Crippen LogP contribution is 2.54. The van der Waals surface area contributed by atoms with Crippen LogP contribution in [-0.2, 0) is 4.74 Å². The molecular weight excluding hydrogens is 266 g/mol. The molecular formula is C17H23NO3. The lowest BCUT2D eigenvalue weighted by Crippen LogP contribution is -2.54. The van der Waals surface area contributed by atoms with Crippen molar-refractivity contribution >= 4 is 0 Å². The van der Waals surface area contributed by atoms with Crippen LogP contribution in [0.2, 0.25) is 0 Å². The second kappa shape index (κ2) is 4.62. The number of rotatable bonds is 0. The number of phenols is 1. The van der Waals surface area contributed by atoms with Gasteiger partial charge in [0, 0.05) is 18.0 Å². The molecule has 0 aliphatic carbocycles. The number of ether oxygens (including phenoxy) is 2. The van der Waals surface area contributed by atoms with Crippen molar-refractivity contribution in [1.82, 2.24) is 5.32 Å². The van der Waals surface area contributed by atoms with E-state index < -0.39 is 0 Å². The molecule has 4 rings (SSSR count). The standard InChI is InChI=1S/C17H23NO3/c1-17(2)12-8-10-9-18-7-6-14(10)20-15(12)11-4-3-5-13(19)16(11)21-17/h3-5,10,12,14-15,18-19H,6-9H2,1-2H3/t10-,12-,14-,15+/m1/s1. The largest absolute Gasteiger partial charge is 0.504 e. The molecule has 0 aromatic heterocycles. The highest BCUT2D eigenvalue weighted by atomic mass is 16.5.